The lowest BCUT2D eigenvalue weighted by atomic mass is 10.5. The van der Waals surface area contributed by atoms with Gasteiger partial charge in [-0.25, -0.2) is 8.42 Å². The first-order valence-corrected chi connectivity index (χ1v) is 7.07. The van der Waals surface area contributed by atoms with E-state index in [1.54, 1.807) is 0 Å². The maximum atomic E-state index is 12.3. The van der Waals surface area contributed by atoms with Gasteiger partial charge in [-0.15, -0.1) is 0 Å². The van der Waals surface area contributed by atoms with Crippen molar-refractivity contribution in [1.29, 1.82) is 0 Å². The molecule has 0 aliphatic rings. The smallest absolute Gasteiger partial charge is 0.321 e. The number of methoxy groups -OCH3 is 2. The second-order valence-electron chi connectivity index (χ2n) is 3.80. The minimum Gasteiger partial charge on any atom is -0.468 e. The van der Waals surface area contributed by atoms with Gasteiger partial charge in [-0.3, -0.25) is 14.4 Å². The fourth-order valence-electron chi connectivity index (χ4n) is 1.38. The molecule has 0 fully saturated rings. The number of nitrogens with one attached hydrogen (secondary N) is 1. The second kappa shape index (κ2) is 6.99. The van der Waals surface area contributed by atoms with Gasteiger partial charge in [0.05, 0.1) is 14.2 Å². The maximum absolute atomic E-state index is 12.3. The predicted octanol–water partition coefficient (Wildman–Crippen LogP) is -1.29. The molecule has 9 nitrogen and oxygen atoms in total. The number of pyridine rings is 1. The van der Waals surface area contributed by atoms with E-state index in [0.717, 1.165) is 26.5 Å². The minimum atomic E-state index is -4.35. The zero-order chi connectivity index (χ0) is 16.0. The molecule has 0 saturated heterocycles. The van der Waals surface area contributed by atoms with Gasteiger partial charge in [0.15, 0.2) is 0 Å². The number of hydrogen-bond donors (Lipinski definition) is 1. The van der Waals surface area contributed by atoms with Crippen molar-refractivity contribution in [2.24, 2.45) is 0 Å². The molecule has 1 rings (SSSR count). The highest BCUT2D eigenvalue weighted by molar-refractivity contribution is 7.89. The molecule has 21 heavy (non-hydrogen) atoms. The van der Waals surface area contributed by atoms with Crippen molar-refractivity contribution in [1.82, 2.24) is 9.29 Å². The Labute approximate surface area is 120 Å². The van der Waals surface area contributed by atoms with Crippen LogP contribution in [0.3, 0.4) is 0 Å². The van der Waals surface area contributed by atoms with Gasteiger partial charge >= 0.3 is 11.9 Å². The molecule has 0 aliphatic carbocycles. The highest BCUT2D eigenvalue weighted by Gasteiger charge is 2.31. The van der Waals surface area contributed by atoms with Crippen molar-refractivity contribution in [3.05, 3.63) is 28.7 Å². The molecule has 1 N–H and O–H groups in total. The van der Waals surface area contributed by atoms with Gasteiger partial charge in [0.25, 0.3) is 0 Å². The summed E-state index contributed by atoms with van der Waals surface area (Å²) in [5, 5.41) is 0. The number of esters is 2. The quantitative estimate of drug-likeness (QED) is 0.647. The first-order chi connectivity index (χ1) is 9.82. The van der Waals surface area contributed by atoms with Crippen LogP contribution in [0.25, 0.3) is 0 Å². The number of sulfonamides is 1. The molecule has 0 aromatic carbocycles. The fraction of sp³-hybridized carbons (Fsp3) is 0.364. The molecule has 0 aliphatic heterocycles. The van der Waals surface area contributed by atoms with E-state index in [4.69, 9.17) is 0 Å². The van der Waals surface area contributed by atoms with Crippen LogP contribution in [0.5, 0.6) is 0 Å². The Morgan fingerprint density at radius 2 is 1.71 bits per heavy atom. The molecule has 10 heteroatoms. The summed E-state index contributed by atoms with van der Waals surface area (Å²) in [6.07, 6.45) is 2.23. The number of nitrogens with zero attached hydrogens (tertiary/aromatic N) is 1. The molecular formula is C11H14N2O7S. The molecule has 116 valence electrons. The SMILES string of the molecule is COC(=O)CN(CC(=O)OC)S(=O)(=O)c1c[nH]ccc1=O. The van der Waals surface area contributed by atoms with Gasteiger partial charge in [0.1, 0.15) is 18.0 Å². The second-order valence-corrected chi connectivity index (χ2v) is 5.70. The van der Waals surface area contributed by atoms with Gasteiger partial charge in [0.2, 0.25) is 15.5 Å². The van der Waals surface area contributed by atoms with Gasteiger partial charge in [0, 0.05) is 18.5 Å². The van der Waals surface area contributed by atoms with E-state index in [2.05, 4.69) is 14.5 Å². The predicted molar refractivity (Wildman–Crippen MR) is 69.9 cm³/mol. The first kappa shape index (κ1) is 16.9. The molecule has 0 saturated carbocycles. The van der Waals surface area contributed by atoms with Crippen molar-refractivity contribution in [3.8, 4) is 0 Å². The lowest BCUT2D eigenvalue weighted by Crippen LogP contribution is -2.41. The number of aromatic nitrogens is 1. The van der Waals surface area contributed by atoms with Crippen molar-refractivity contribution in [2.75, 3.05) is 27.3 Å². The number of carbonyl (C=O) groups is 2. The Bertz CT molecular complexity index is 662. The summed E-state index contributed by atoms with van der Waals surface area (Å²) >= 11 is 0. The van der Waals surface area contributed by atoms with Crippen molar-refractivity contribution in [3.63, 3.8) is 0 Å². The van der Waals surface area contributed by atoms with Crippen LogP contribution in [-0.2, 0) is 29.1 Å². The van der Waals surface area contributed by atoms with Crippen molar-refractivity contribution < 1.29 is 27.5 Å². The molecule has 0 radical (unpaired) electrons. The summed E-state index contributed by atoms with van der Waals surface area (Å²) in [5.74, 6) is -1.76. The van der Waals surface area contributed by atoms with Gasteiger partial charge in [-0.1, -0.05) is 0 Å². The number of rotatable bonds is 6. The largest absolute Gasteiger partial charge is 0.468 e. The Morgan fingerprint density at radius 3 is 2.14 bits per heavy atom. The molecule has 1 aromatic heterocycles. The molecule has 0 amide bonds. The van der Waals surface area contributed by atoms with E-state index in [-0.39, 0.29) is 0 Å². The van der Waals surface area contributed by atoms with E-state index >= 15 is 0 Å². The summed E-state index contributed by atoms with van der Waals surface area (Å²) in [5.41, 5.74) is -0.770. The van der Waals surface area contributed by atoms with Gasteiger partial charge in [-0.2, -0.15) is 4.31 Å². The summed E-state index contributed by atoms with van der Waals surface area (Å²) in [4.78, 5) is 36.1. The Balaban J connectivity index is 3.23. The molecule has 0 bridgehead atoms. The highest BCUT2D eigenvalue weighted by Crippen LogP contribution is 2.11. The van der Waals surface area contributed by atoms with E-state index in [9.17, 15) is 22.8 Å². The average molecular weight is 318 g/mol. The molecule has 0 spiro atoms. The van der Waals surface area contributed by atoms with Crippen LogP contribution in [0.15, 0.2) is 28.2 Å². The third kappa shape index (κ3) is 4.13. The maximum Gasteiger partial charge on any atom is 0.321 e. The Kier molecular flexibility index (Phi) is 5.61. The fourth-order valence-corrected chi connectivity index (χ4v) is 2.75. The van der Waals surface area contributed by atoms with Crippen molar-refractivity contribution in [2.45, 2.75) is 4.90 Å². The summed E-state index contributed by atoms with van der Waals surface area (Å²) < 4.78 is 34.0. The van der Waals surface area contributed by atoms with Crippen LogP contribution in [0.4, 0.5) is 0 Å². The zero-order valence-corrected chi connectivity index (χ0v) is 12.2. The Morgan fingerprint density at radius 1 is 1.19 bits per heavy atom. The third-order valence-corrected chi connectivity index (χ3v) is 4.29. The van der Waals surface area contributed by atoms with Crippen LogP contribution >= 0.6 is 0 Å². The monoisotopic (exact) mass is 318 g/mol. The number of hydrogen-bond acceptors (Lipinski definition) is 7. The topological polar surface area (TPSA) is 123 Å². The van der Waals surface area contributed by atoms with E-state index in [0.29, 0.717) is 4.31 Å². The van der Waals surface area contributed by atoms with Gasteiger partial charge in [-0.05, 0) is 0 Å². The summed E-state index contributed by atoms with van der Waals surface area (Å²) in [7, 11) is -2.21. The molecule has 0 atom stereocenters. The summed E-state index contributed by atoms with van der Waals surface area (Å²) in [6, 6.07) is 1.02. The van der Waals surface area contributed by atoms with E-state index < -0.39 is 45.4 Å². The number of aromatic amines is 1. The van der Waals surface area contributed by atoms with Crippen LogP contribution in [0.2, 0.25) is 0 Å². The Hall–Kier alpha value is -2.20. The van der Waals surface area contributed by atoms with Crippen LogP contribution < -0.4 is 5.43 Å². The van der Waals surface area contributed by atoms with Crippen molar-refractivity contribution >= 4 is 22.0 Å². The molecule has 0 unspecified atom stereocenters. The van der Waals surface area contributed by atoms with Gasteiger partial charge < -0.3 is 14.5 Å². The number of H-pyrrole nitrogens is 1. The van der Waals surface area contributed by atoms with E-state index in [1.165, 1.54) is 6.20 Å². The number of carbonyl (C=O) groups excluding carboxylic acids is 2. The molecular weight excluding hydrogens is 304 g/mol. The standard InChI is InChI=1S/C11H14N2O7S/c1-19-10(15)6-13(7-11(16)20-2)21(17,18)9-5-12-4-3-8(9)14/h3-5H,6-7H2,1-2H3,(H,12,14). The highest BCUT2D eigenvalue weighted by atomic mass is 32.2. The summed E-state index contributed by atoms with van der Waals surface area (Å²) in [6.45, 7) is -1.44. The lowest BCUT2D eigenvalue weighted by molar-refractivity contribution is -0.143. The van der Waals surface area contributed by atoms with E-state index in [1.807, 2.05) is 0 Å². The third-order valence-electron chi connectivity index (χ3n) is 2.47. The van der Waals surface area contributed by atoms with Crippen LogP contribution in [0.1, 0.15) is 0 Å². The molecule has 1 heterocycles. The first-order valence-electron chi connectivity index (χ1n) is 5.63. The lowest BCUT2D eigenvalue weighted by Gasteiger charge is -2.19. The zero-order valence-electron chi connectivity index (χ0n) is 11.4. The van der Waals surface area contributed by atoms with Crippen LogP contribution in [0, 0.1) is 0 Å². The number of ether oxygens (including phenoxy) is 2. The minimum absolute atomic E-state index is 0.509. The van der Waals surface area contributed by atoms with Crippen LogP contribution in [-0.4, -0.2) is 57.0 Å². The normalized spacial score (nSPS) is 11.2. The average Bonchev–Trinajstić information content (AvgIpc) is 2.46. The molecule has 1 aromatic rings.